The summed E-state index contributed by atoms with van der Waals surface area (Å²) in [4.78, 5) is 9.81. The van der Waals surface area contributed by atoms with Crippen molar-refractivity contribution in [2.24, 2.45) is 0 Å². The minimum Gasteiger partial charge on any atom is -0.300 e. The fourth-order valence-corrected chi connectivity index (χ4v) is 1.56. The van der Waals surface area contributed by atoms with Gasteiger partial charge in [0.2, 0.25) is 0 Å². The molecule has 0 saturated carbocycles. The lowest BCUT2D eigenvalue weighted by Gasteiger charge is -2.02. The van der Waals surface area contributed by atoms with E-state index in [1.54, 1.807) is 6.92 Å². The predicted molar refractivity (Wildman–Crippen MR) is 93.4 cm³/mol. The van der Waals surface area contributed by atoms with E-state index in [4.69, 9.17) is 0 Å². The minimum atomic E-state index is 0. The van der Waals surface area contributed by atoms with Crippen LogP contribution < -0.4 is 0 Å². The Morgan fingerprint density at radius 3 is 1.71 bits per heavy atom. The van der Waals surface area contributed by atoms with Crippen LogP contribution in [0.3, 0.4) is 0 Å². The summed E-state index contributed by atoms with van der Waals surface area (Å²) in [5.41, 5.74) is 4.96. The molecule has 3 radical (unpaired) electrons. The van der Waals surface area contributed by atoms with Gasteiger partial charge in [-0.05, 0) is 30.5 Å². The molecule has 0 atom stereocenters. The molecule has 2 heteroatoms. The van der Waals surface area contributed by atoms with Crippen LogP contribution in [0.5, 0.6) is 0 Å². The van der Waals surface area contributed by atoms with Crippen LogP contribution in [0, 0.1) is 6.92 Å². The van der Waals surface area contributed by atoms with Crippen molar-refractivity contribution in [3.8, 4) is 11.1 Å². The lowest BCUT2D eigenvalue weighted by molar-refractivity contribution is -0.116. The fraction of sp³-hybridized carbons (Fsp3) is 0.211. The highest BCUT2D eigenvalue weighted by Crippen LogP contribution is 2.20. The molecule has 107 valence electrons. The molecule has 1 nitrogen and oxygen atoms in total. The number of aryl methyl sites for hydroxylation is 1. The molecule has 0 bridgehead atoms. The van der Waals surface area contributed by atoms with Gasteiger partial charge in [0.05, 0.1) is 0 Å². The Kier molecular flexibility index (Phi) is 8.79. The zero-order valence-corrected chi connectivity index (χ0v) is 13.1. The Bertz CT molecular complexity index is 553. The zero-order chi connectivity index (χ0) is 15.0. The highest BCUT2D eigenvalue weighted by Gasteiger charge is 1.96. The van der Waals surface area contributed by atoms with Crippen LogP contribution in [0.1, 0.15) is 31.4 Å². The number of carbonyl (C=O) groups is 1. The molecular formula is C19H22BO. The van der Waals surface area contributed by atoms with Gasteiger partial charge in [-0.1, -0.05) is 73.7 Å². The van der Waals surface area contributed by atoms with E-state index in [-0.39, 0.29) is 14.2 Å². The number of benzene rings is 2. The molecule has 2 aromatic carbocycles. The largest absolute Gasteiger partial charge is 0.300 e. The van der Waals surface area contributed by atoms with Gasteiger partial charge < -0.3 is 4.79 Å². The van der Waals surface area contributed by atoms with E-state index in [1.807, 2.05) is 13.0 Å². The van der Waals surface area contributed by atoms with Gasteiger partial charge in [-0.25, -0.2) is 0 Å². The number of ketones is 1. The number of rotatable bonds is 3. The van der Waals surface area contributed by atoms with Crippen molar-refractivity contribution in [1.82, 2.24) is 0 Å². The molecular weight excluding hydrogens is 255 g/mol. The maximum atomic E-state index is 9.81. The summed E-state index contributed by atoms with van der Waals surface area (Å²) in [7, 11) is 0. The van der Waals surface area contributed by atoms with E-state index in [1.165, 1.54) is 16.7 Å². The molecule has 0 aliphatic rings. The Balaban J connectivity index is 0.000000583. The third-order valence-corrected chi connectivity index (χ3v) is 3.03. The average molecular weight is 277 g/mol. The van der Waals surface area contributed by atoms with Gasteiger partial charge in [-0.3, -0.25) is 0 Å². The van der Waals surface area contributed by atoms with E-state index in [9.17, 15) is 4.79 Å². The summed E-state index contributed by atoms with van der Waals surface area (Å²) >= 11 is 0. The number of hydrogen-bond acceptors (Lipinski definition) is 1. The van der Waals surface area contributed by atoms with Gasteiger partial charge in [0, 0.05) is 14.8 Å². The summed E-state index contributed by atoms with van der Waals surface area (Å²) in [5, 5.41) is 0. The highest BCUT2D eigenvalue weighted by atomic mass is 16.1. The Morgan fingerprint density at radius 1 is 1.00 bits per heavy atom. The molecule has 0 aliphatic heterocycles. The van der Waals surface area contributed by atoms with E-state index < -0.39 is 0 Å². The average Bonchev–Trinajstić information content (AvgIpc) is 2.49. The van der Waals surface area contributed by atoms with Crippen molar-refractivity contribution in [3.63, 3.8) is 0 Å². The first kappa shape index (κ1) is 18.9. The summed E-state index contributed by atoms with van der Waals surface area (Å²) in [6.07, 6.45) is 2.53. The van der Waals surface area contributed by atoms with Crippen LogP contribution in [-0.4, -0.2) is 14.2 Å². The summed E-state index contributed by atoms with van der Waals surface area (Å²) in [5.74, 6) is 0.255. The number of carbonyl (C=O) groups excluding carboxylic acids is 1. The van der Waals surface area contributed by atoms with Crippen molar-refractivity contribution < 1.29 is 4.79 Å². The van der Waals surface area contributed by atoms with E-state index >= 15 is 0 Å². The van der Waals surface area contributed by atoms with E-state index in [0.717, 1.165) is 5.56 Å². The van der Waals surface area contributed by atoms with Gasteiger partial charge in [0.15, 0.2) is 0 Å². The third kappa shape index (κ3) is 6.76. The van der Waals surface area contributed by atoms with Gasteiger partial charge in [-0.15, -0.1) is 0 Å². The summed E-state index contributed by atoms with van der Waals surface area (Å²) in [6, 6.07) is 17.0. The second-order valence-corrected chi connectivity index (χ2v) is 4.75. The van der Waals surface area contributed by atoms with Crippen LogP contribution in [0.2, 0.25) is 0 Å². The SMILES string of the molecule is C=Cc1ccc(-c2ccc(C)cc2)cc1.CCC(C)=O.[B]. The van der Waals surface area contributed by atoms with Crippen molar-refractivity contribution in [1.29, 1.82) is 0 Å². The molecule has 21 heavy (non-hydrogen) atoms. The molecule has 2 aromatic rings. The zero-order valence-electron chi connectivity index (χ0n) is 13.1. The highest BCUT2D eigenvalue weighted by molar-refractivity contribution is 5.75. The first-order chi connectivity index (χ1) is 9.56. The van der Waals surface area contributed by atoms with Crippen LogP contribution in [0.25, 0.3) is 17.2 Å². The normalized spacial score (nSPS) is 8.90. The first-order valence-corrected chi connectivity index (χ1v) is 6.85. The van der Waals surface area contributed by atoms with Gasteiger partial charge in [0.1, 0.15) is 5.78 Å². The van der Waals surface area contributed by atoms with Gasteiger partial charge >= 0.3 is 0 Å². The smallest absolute Gasteiger partial charge is 0.129 e. The van der Waals surface area contributed by atoms with Gasteiger partial charge in [0.25, 0.3) is 0 Å². The molecule has 0 saturated heterocycles. The first-order valence-electron chi connectivity index (χ1n) is 6.85. The summed E-state index contributed by atoms with van der Waals surface area (Å²) in [6.45, 7) is 9.28. The molecule has 0 unspecified atom stereocenters. The lowest BCUT2D eigenvalue weighted by Crippen LogP contribution is -1.80. The standard InChI is InChI=1S/C15H14.C4H8O.B/c1-3-13-6-10-15(11-7-13)14-8-4-12(2)5-9-14;1-3-4(2)5;/h3-11H,1H2,2H3;3H2,1-2H3;. The molecule has 0 aromatic heterocycles. The third-order valence-electron chi connectivity index (χ3n) is 3.03. The summed E-state index contributed by atoms with van der Waals surface area (Å²) < 4.78 is 0. The minimum absolute atomic E-state index is 0. The molecule has 0 fully saturated rings. The molecule has 2 rings (SSSR count). The van der Waals surface area contributed by atoms with Crippen molar-refractivity contribution >= 4 is 20.3 Å². The Hall–Kier alpha value is -2.09. The molecule has 0 spiro atoms. The molecule has 0 amide bonds. The molecule has 0 N–H and O–H groups in total. The lowest BCUT2D eigenvalue weighted by atomic mass is 10.0. The maximum absolute atomic E-state index is 9.81. The van der Waals surface area contributed by atoms with Crippen LogP contribution >= 0.6 is 0 Å². The maximum Gasteiger partial charge on any atom is 0.129 e. The molecule has 0 aliphatic carbocycles. The van der Waals surface area contributed by atoms with Crippen molar-refractivity contribution in [3.05, 3.63) is 66.2 Å². The molecule has 0 heterocycles. The van der Waals surface area contributed by atoms with Crippen LogP contribution in [0.4, 0.5) is 0 Å². The monoisotopic (exact) mass is 277 g/mol. The predicted octanol–water partition coefficient (Wildman–Crippen LogP) is 4.91. The Labute approximate surface area is 130 Å². The van der Waals surface area contributed by atoms with E-state index in [2.05, 4.69) is 62.0 Å². The Morgan fingerprint density at radius 2 is 1.38 bits per heavy atom. The second kappa shape index (κ2) is 9.76. The van der Waals surface area contributed by atoms with Crippen molar-refractivity contribution in [2.75, 3.05) is 0 Å². The van der Waals surface area contributed by atoms with Crippen LogP contribution in [0.15, 0.2) is 55.1 Å². The van der Waals surface area contributed by atoms with Crippen molar-refractivity contribution in [2.45, 2.75) is 27.2 Å². The van der Waals surface area contributed by atoms with E-state index in [0.29, 0.717) is 6.42 Å². The topological polar surface area (TPSA) is 17.1 Å². The fourth-order valence-electron chi connectivity index (χ4n) is 1.56. The number of Topliss-reactive ketones (excluding diaryl/α,β-unsaturated/α-hetero) is 1. The second-order valence-electron chi connectivity index (χ2n) is 4.75. The number of hydrogen-bond donors (Lipinski definition) is 0. The van der Waals surface area contributed by atoms with Crippen LogP contribution in [-0.2, 0) is 4.79 Å². The van der Waals surface area contributed by atoms with Gasteiger partial charge in [-0.2, -0.15) is 0 Å². The quantitative estimate of drug-likeness (QED) is 0.728.